The lowest BCUT2D eigenvalue weighted by Crippen LogP contribution is -2.24. The molecule has 0 aliphatic carbocycles. The first-order valence-corrected chi connectivity index (χ1v) is 5.59. The summed E-state index contributed by atoms with van der Waals surface area (Å²) in [6.45, 7) is 10.0. The Bertz CT molecular complexity index is 355. The summed E-state index contributed by atoms with van der Waals surface area (Å²) in [5, 5.41) is 0. The number of ether oxygens (including phenoxy) is 1. The van der Waals surface area contributed by atoms with Crippen molar-refractivity contribution in [3.8, 4) is 5.88 Å². The molecule has 1 heterocycles. The van der Waals surface area contributed by atoms with E-state index < -0.39 is 0 Å². The average molecular weight is 228 g/mol. The highest BCUT2D eigenvalue weighted by Gasteiger charge is 2.17. The summed E-state index contributed by atoms with van der Waals surface area (Å²) < 4.78 is 5.79. The maximum atomic E-state index is 5.90. The molecule has 0 spiro atoms. The smallest absolute Gasteiger partial charge is 0.218 e. The van der Waals surface area contributed by atoms with E-state index in [-0.39, 0.29) is 5.60 Å². The number of pyridine rings is 1. The van der Waals surface area contributed by atoms with Crippen LogP contribution in [-0.4, -0.2) is 10.6 Å². The van der Waals surface area contributed by atoms with Crippen molar-refractivity contribution in [2.45, 2.75) is 46.1 Å². The Morgan fingerprint density at radius 1 is 1.33 bits per heavy atom. The molecule has 0 atom stereocenters. The Morgan fingerprint density at radius 3 is 2.40 bits per heavy atom. The minimum atomic E-state index is -0.242. The van der Waals surface area contributed by atoms with Crippen LogP contribution in [0.5, 0.6) is 5.88 Å². The lowest BCUT2D eigenvalue weighted by Gasteiger charge is -2.22. The normalized spacial score (nSPS) is 11.6. The van der Waals surface area contributed by atoms with Crippen LogP contribution in [0.4, 0.5) is 0 Å². The first-order chi connectivity index (χ1) is 6.83. The number of nitrogens with zero attached hydrogens (tertiary/aromatic N) is 1. The molecule has 84 valence electrons. The van der Waals surface area contributed by atoms with E-state index in [2.05, 4.69) is 4.98 Å². The summed E-state index contributed by atoms with van der Waals surface area (Å²) in [6.07, 6.45) is 0. The Balaban J connectivity index is 3.15. The Hall–Kier alpha value is -0.760. The lowest BCUT2D eigenvalue weighted by atomic mass is 10.1. The second kappa shape index (κ2) is 4.40. The average Bonchev–Trinajstić information content (AvgIpc) is 1.99. The van der Waals surface area contributed by atoms with E-state index in [0.29, 0.717) is 11.8 Å². The molecule has 2 nitrogen and oxygen atoms in total. The van der Waals surface area contributed by atoms with Gasteiger partial charge in [0.15, 0.2) is 0 Å². The lowest BCUT2D eigenvalue weighted by molar-refractivity contribution is 0.122. The molecule has 1 aromatic rings. The highest BCUT2D eigenvalue weighted by atomic mass is 35.5. The summed E-state index contributed by atoms with van der Waals surface area (Å²) in [4.78, 5) is 4.38. The molecule has 0 radical (unpaired) electrons. The van der Waals surface area contributed by atoms with Gasteiger partial charge in [0.2, 0.25) is 5.88 Å². The second-order valence-electron chi connectivity index (χ2n) is 4.71. The third-order valence-corrected chi connectivity index (χ3v) is 2.24. The van der Waals surface area contributed by atoms with E-state index in [1.807, 2.05) is 40.7 Å². The first-order valence-electron chi connectivity index (χ1n) is 5.05. The Labute approximate surface area is 96.6 Å². The van der Waals surface area contributed by atoms with Gasteiger partial charge in [0, 0.05) is 11.3 Å². The minimum absolute atomic E-state index is 0.242. The van der Waals surface area contributed by atoms with Crippen LogP contribution < -0.4 is 4.74 Å². The molecule has 0 aliphatic heterocycles. The molecule has 0 unspecified atom stereocenters. The number of halogens is 1. The van der Waals surface area contributed by atoms with Gasteiger partial charge in [-0.25, -0.2) is 4.98 Å². The van der Waals surface area contributed by atoms with Crippen LogP contribution in [0.2, 0.25) is 0 Å². The standard InChI is InChI=1S/C12H18ClNO/c1-8-6-9(2)14-11(10(8)7-13)15-12(3,4)5/h6H,7H2,1-5H3. The highest BCUT2D eigenvalue weighted by molar-refractivity contribution is 6.17. The number of hydrogen-bond donors (Lipinski definition) is 0. The summed E-state index contributed by atoms with van der Waals surface area (Å²) in [6, 6.07) is 2.02. The predicted molar refractivity (Wildman–Crippen MR) is 63.6 cm³/mol. The maximum absolute atomic E-state index is 5.90. The van der Waals surface area contributed by atoms with Crippen LogP contribution in [0, 0.1) is 13.8 Å². The molecular weight excluding hydrogens is 210 g/mol. The molecule has 0 saturated heterocycles. The summed E-state index contributed by atoms with van der Waals surface area (Å²) in [5.41, 5.74) is 2.84. The van der Waals surface area contributed by atoms with Crippen LogP contribution in [0.15, 0.2) is 6.07 Å². The van der Waals surface area contributed by atoms with Crippen molar-refractivity contribution in [2.75, 3.05) is 0 Å². The fourth-order valence-electron chi connectivity index (χ4n) is 1.37. The van der Waals surface area contributed by atoms with Gasteiger partial charge < -0.3 is 4.74 Å². The molecule has 1 rings (SSSR count). The zero-order valence-corrected chi connectivity index (χ0v) is 10.8. The SMILES string of the molecule is Cc1cc(C)c(CCl)c(OC(C)(C)C)n1. The van der Waals surface area contributed by atoms with Crippen LogP contribution in [0.1, 0.15) is 37.6 Å². The molecule has 0 saturated carbocycles. The zero-order chi connectivity index (χ0) is 11.6. The van der Waals surface area contributed by atoms with Crippen LogP contribution >= 0.6 is 11.6 Å². The van der Waals surface area contributed by atoms with Gasteiger partial charge in [-0.05, 0) is 46.2 Å². The fraction of sp³-hybridized carbons (Fsp3) is 0.583. The summed E-state index contributed by atoms with van der Waals surface area (Å²) in [5.74, 6) is 1.10. The van der Waals surface area contributed by atoms with E-state index in [9.17, 15) is 0 Å². The number of alkyl halides is 1. The predicted octanol–water partition coefficient (Wildman–Crippen LogP) is 3.61. The number of rotatable bonds is 2. The van der Waals surface area contributed by atoms with E-state index >= 15 is 0 Å². The topological polar surface area (TPSA) is 22.1 Å². The molecule has 1 aromatic heterocycles. The van der Waals surface area contributed by atoms with E-state index in [1.54, 1.807) is 0 Å². The summed E-state index contributed by atoms with van der Waals surface area (Å²) in [7, 11) is 0. The van der Waals surface area contributed by atoms with Gasteiger partial charge in [0.1, 0.15) is 5.60 Å². The molecule has 0 aliphatic rings. The number of aromatic nitrogens is 1. The van der Waals surface area contributed by atoms with Gasteiger partial charge in [-0.15, -0.1) is 11.6 Å². The van der Waals surface area contributed by atoms with Crippen LogP contribution in [0.3, 0.4) is 0 Å². The van der Waals surface area contributed by atoms with Crippen molar-refractivity contribution in [1.29, 1.82) is 0 Å². The van der Waals surface area contributed by atoms with E-state index in [1.165, 1.54) is 0 Å². The van der Waals surface area contributed by atoms with E-state index in [4.69, 9.17) is 16.3 Å². The molecule has 0 fully saturated rings. The Kier molecular flexibility index (Phi) is 3.61. The molecular formula is C12H18ClNO. The third-order valence-electron chi connectivity index (χ3n) is 1.97. The van der Waals surface area contributed by atoms with Gasteiger partial charge in [0.25, 0.3) is 0 Å². The zero-order valence-electron chi connectivity index (χ0n) is 10.0. The van der Waals surface area contributed by atoms with Crippen molar-refractivity contribution in [3.63, 3.8) is 0 Å². The van der Waals surface area contributed by atoms with Gasteiger partial charge in [-0.2, -0.15) is 0 Å². The quantitative estimate of drug-likeness (QED) is 0.720. The molecule has 0 bridgehead atoms. The van der Waals surface area contributed by atoms with Gasteiger partial charge in [-0.1, -0.05) is 0 Å². The molecule has 0 N–H and O–H groups in total. The van der Waals surface area contributed by atoms with Crippen molar-refractivity contribution in [3.05, 3.63) is 22.9 Å². The molecule has 0 aromatic carbocycles. The Morgan fingerprint density at radius 2 is 1.93 bits per heavy atom. The van der Waals surface area contributed by atoms with Crippen molar-refractivity contribution >= 4 is 11.6 Å². The summed E-state index contributed by atoms with van der Waals surface area (Å²) >= 11 is 5.90. The van der Waals surface area contributed by atoms with Gasteiger partial charge in [-0.3, -0.25) is 0 Å². The van der Waals surface area contributed by atoms with Crippen LogP contribution in [-0.2, 0) is 5.88 Å². The minimum Gasteiger partial charge on any atom is -0.472 e. The molecule has 15 heavy (non-hydrogen) atoms. The fourth-order valence-corrected chi connectivity index (χ4v) is 1.69. The van der Waals surface area contributed by atoms with Crippen molar-refractivity contribution < 1.29 is 4.74 Å². The second-order valence-corrected chi connectivity index (χ2v) is 4.98. The van der Waals surface area contributed by atoms with Crippen molar-refractivity contribution in [1.82, 2.24) is 4.98 Å². The number of hydrogen-bond acceptors (Lipinski definition) is 2. The van der Waals surface area contributed by atoms with Crippen LogP contribution in [0.25, 0.3) is 0 Å². The van der Waals surface area contributed by atoms with E-state index in [0.717, 1.165) is 16.8 Å². The number of aryl methyl sites for hydroxylation is 2. The molecule has 3 heteroatoms. The van der Waals surface area contributed by atoms with Gasteiger partial charge in [0.05, 0.1) is 5.88 Å². The largest absolute Gasteiger partial charge is 0.472 e. The highest BCUT2D eigenvalue weighted by Crippen LogP contribution is 2.25. The third kappa shape index (κ3) is 3.38. The first kappa shape index (κ1) is 12.3. The van der Waals surface area contributed by atoms with Crippen molar-refractivity contribution in [2.24, 2.45) is 0 Å². The maximum Gasteiger partial charge on any atom is 0.218 e. The monoisotopic (exact) mass is 227 g/mol. The van der Waals surface area contributed by atoms with Gasteiger partial charge >= 0.3 is 0 Å². The molecule has 0 amide bonds.